The van der Waals surface area contributed by atoms with Crippen LogP contribution in [-0.4, -0.2) is 23.1 Å². The lowest BCUT2D eigenvalue weighted by Crippen LogP contribution is -2.13. The normalized spacial score (nSPS) is 10.6. The highest BCUT2D eigenvalue weighted by Crippen LogP contribution is 2.20. The average Bonchev–Trinajstić information content (AvgIpc) is 3.01. The Morgan fingerprint density at radius 1 is 1.10 bits per heavy atom. The summed E-state index contributed by atoms with van der Waals surface area (Å²) in [5, 5.41) is 8.97. The van der Waals surface area contributed by atoms with Crippen LogP contribution in [0.2, 0.25) is 0 Å². The van der Waals surface area contributed by atoms with Gasteiger partial charge >= 0.3 is 0 Å². The average molecular weight is 304 g/mol. The third-order valence-corrected chi connectivity index (χ3v) is 4.23. The molecule has 114 valence electrons. The molecule has 0 aromatic carbocycles. The molecule has 0 aliphatic carbocycles. The summed E-state index contributed by atoms with van der Waals surface area (Å²) >= 11 is 1.80. The number of nitrogens with one attached hydrogen (secondary N) is 2. The highest BCUT2D eigenvalue weighted by atomic mass is 32.1. The molecule has 0 saturated carbocycles. The Kier molecular flexibility index (Phi) is 5.99. The van der Waals surface area contributed by atoms with Gasteiger partial charge in [0.15, 0.2) is 0 Å². The van der Waals surface area contributed by atoms with Crippen molar-refractivity contribution in [3.63, 3.8) is 0 Å². The minimum atomic E-state index is 0.848. The summed E-state index contributed by atoms with van der Waals surface area (Å²) in [4.78, 5) is 10.6. The molecule has 0 atom stereocenters. The minimum absolute atomic E-state index is 0.848. The fourth-order valence-corrected chi connectivity index (χ4v) is 2.78. The summed E-state index contributed by atoms with van der Waals surface area (Å²) < 4.78 is 0. The first-order chi connectivity index (χ1) is 10.2. The Balaban J connectivity index is 2.05. The zero-order valence-corrected chi connectivity index (χ0v) is 13.9. The van der Waals surface area contributed by atoms with Crippen molar-refractivity contribution in [1.29, 1.82) is 0 Å². The Morgan fingerprint density at radius 2 is 1.81 bits per heavy atom. The topological polar surface area (TPSA) is 49.8 Å². The molecule has 0 unspecified atom stereocenters. The third kappa shape index (κ3) is 4.43. The number of aromatic nitrogens is 2. The molecule has 2 aromatic rings. The molecular formula is C16H24N4S. The molecule has 0 radical (unpaired) electrons. The molecule has 0 fully saturated rings. The second kappa shape index (κ2) is 7.98. The van der Waals surface area contributed by atoms with Gasteiger partial charge in [0.05, 0.1) is 0 Å². The first-order valence-corrected chi connectivity index (χ1v) is 8.50. The van der Waals surface area contributed by atoms with Crippen molar-refractivity contribution in [3.8, 4) is 0 Å². The Hall–Kier alpha value is -1.62. The number of aryl methyl sites for hydroxylation is 1. The standard InChI is InChI=1S/C16H24N4S/c1-4-9-17-15-12(3)16(20-14(5-2)19-15)18-10-8-13-7-6-11-21-13/h6-7,11H,4-5,8-10H2,1-3H3,(H2,17,18,19,20). The van der Waals surface area contributed by atoms with Crippen molar-refractivity contribution in [3.05, 3.63) is 33.8 Å². The third-order valence-electron chi connectivity index (χ3n) is 3.29. The van der Waals surface area contributed by atoms with E-state index in [2.05, 4.69) is 58.9 Å². The van der Waals surface area contributed by atoms with Crippen LogP contribution in [0, 0.1) is 6.92 Å². The van der Waals surface area contributed by atoms with E-state index >= 15 is 0 Å². The fraction of sp³-hybridized carbons (Fsp3) is 0.500. The Morgan fingerprint density at radius 3 is 2.38 bits per heavy atom. The molecule has 0 amide bonds. The van der Waals surface area contributed by atoms with Gasteiger partial charge in [0.25, 0.3) is 0 Å². The Labute approximate surface area is 131 Å². The van der Waals surface area contributed by atoms with Crippen LogP contribution in [0.4, 0.5) is 11.6 Å². The van der Waals surface area contributed by atoms with E-state index in [1.54, 1.807) is 11.3 Å². The second-order valence-corrected chi connectivity index (χ2v) is 6.03. The summed E-state index contributed by atoms with van der Waals surface area (Å²) in [6.07, 6.45) is 2.97. The van der Waals surface area contributed by atoms with Gasteiger partial charge in [-0.1, -0.05) is 19.9 Å². The predicted octanol–water partition coefficient (Wildman–Crippen LogP) is 3.89. The molecule has 21 heavy (non-hydrogen) atoms. The van der Waals surface area contributed by atoms with Crippen LogP contribution < -0.4 is 10.6 Å². The van der Waals surface area contributed by atoms with Gasteiger partial charge in [-0.15, -0.1) is 11.3 Å². The quantitative estimate of drug-likeness (QED) is 0.777. The monoisotopic (exact) mass is 304 g/mol. The molecule has 2 heterocycles. The smallest absolute Gasteiger partial charge is 0.134 e. The molecule has 2 rings (SSSR count). The van der Waals surface area contributed by atoms with E-state index in [1.165, 1.54) is 4.88 Å². The number of nitrogens with zero attached hydrogens (tertiary/aromatic N) is 2. The molecule has 0 aliphatic rings. The lowest BCUT2D eigenvalue weighted by molar-refractivity contribution is 0.900. The van der Waals surface area contributed by atoms with Crippen molar-refractivity contribution in [2.45, 2.75) is 40.0 Å². The van der Waals surface area contributed by atoms with Crippen LogP contribution in [0.5, 0.6) is 0 Å². The van der Waals surface area contributed by atoms with Gasteiger partial charge in [0.1, 0.15) is 17.5 Å². The summed E-state index contributed by atoms with van der Waals surface area (Å²) in [7, 11) is 0. The van der Waals surface area contributed by atoms with Crippen LogP contribution in [-0.2, 0) is 12.8 Å². The van der Waals surface area contributed by atoms with Crippen molar-refractivity contribution < 1.29 is 0 Å². The summed E-state index contributed by atoms with van der Waals surface area (Å²) in [6.45, 7) is 8.16. The van der Waals surface area contributed by atoms with Crippen LogP contribution in [0.25, 0.3) is 0 Å². The van der Waals surface area contributed by atoms with Crippen LogP contribution in [0.3, 0.4) is 0 Å². The van der Waals surface area contributed by atoms with E-state index in [9.17, 15) is 0 Å². The van der Waals surface area contributed by atoms with Gasteiger partial charge in [-0.2, -0.15) is 0 Å². The molecule has 0 spiro atoms. The van der Waals surface area contributed by atoms with E-state index in [0.29, 0.717) is 0 Å². The van der Waals surface area contributed by atoms with Crippen molar-refractivity contribution in [2.24, 2.45) is 0 Å². The molecule has 2 N–H and O–H groups in total. The second-order valence-electron chi connectivity index (χ2n) is 5.00. The largest absolute Gasteiger partial charge is 0.370 e. The zero-order valence-electron chi connectivity index (χ0n) is 13.1. The van der Waals surface area contributed by atoms with Crippen LogP contribution in [0.1, 0.15) is 36.5 Å². The van der Waals surface area contributed by atoms with Gasteiger partial charge < -0.3 is 10.6 Å². The van der Waals surface area contributed by atoms with Gasteiger partial charge in [-0.25, -0.2) is 9.97 Å². The maximum Gasteiger partial charge on any atom is 0.134 e. The lowest BCUT2D eigenvalue weighted by atomic mass is 10.2. The van der Waals surface area contributed by atoms with Gasteiger partial charge in [-0.05, 0) is 31.2 Å². The van der Waals surface area contributed by atoms with Crippen molar-refractivity contribution >= 4 is 23.0 Å². The summed E-state index contributed by atoms with van der Waals surface area (Å²) in [5.74, 6) is 2.80. The highest BCUT2D eigenvalue weighted by molar-refractivity contribution is 7.09. The highest BCUT2D eigenvalue weighted by Gasteiger charge is 2.09. The molecule has 0 saturated heterocycles. The maximum atomic E-state index is 4.62. The fourth-order valence-electron chi connectivity index (χ4n) is 2.07. The molecule has 0 aliphatic heterocycles. The lowest BCUT2D eigenvalue weighted by Gasteiger charge is -2.14. The van der Waals surface area contributed by atoms with Crippen molar-refractivity contribution in [1.82, 2.24) is 9.97 Å². The number of hydrogen-bond donors (Lipinski definition) is 2. The van der Waals surface area contributed by atoms with Gasteiger partial charge in [0, 0.05) is 30.0 Å². The molecule has 4 nitrogen and oxygen atoms in total. The number of hydrogen-bond acceptors (Lipinski definition) is 5. The maximum absolute atomic E-state index is 4.62. The van der Waals surface area contributed by atoms with Crippen LogP contribution >= 0.6 is 11.3 Å². The van der Waals surface area contributed by atoms with E-state index < -0.39 is 0 Å². The number of anilines is 2. The van der Waals surface area contributed by atoms with E-state index in [0.717, 1.165) is 55.4 Å². The van der Waals surface area contributed by atoms with E-state index in [4.69, 9.17) is 0 Å². The summed E-state index contributed by atoms with van der Waals surface area (Å²) in [6, 6.07) is 4.27. The number of rotatable bonds is 8. The van der Waals surface area contributed by atoms with E-state index in [1.807, 2.05) is 0 Å². The van der Waals surface area contributed by atoms with Gasteiger partial charge in [0.2, 0.25) is 0 Å². The minimum Gasteiger partial charge on any atom is -0.370 e. The Bertz CT molecular complexity index is 552. The zero-order chi connectivity index (χ0) is 15.1. The molecule has 5 heteroatoms. The SMILES string of the molecule is CCCNc1nc(CC)nc(NCCc2cccs2)c1C. The summed E-state index contributed by atoms with van der Waals surface area (Å²) in [5.41, 5.74) is 1.10. The molecule has 0 bridgehead atoms. The molecule has 2 aromatic heterocycles. The van der Waals surface area contributed by atoms with E-state index in [-0.39, 0.29) is 0 Å². The van der Waals surface area contributed by atoms with Crippen molar-refractivity contribution in [2.75, 3.05) is 23.7 Å². The molecular weight excluding hydrogens is 280 g/mol. The van der Waals surface area contributed by atoms with Gasteiger partial charge in [-0.3, -0.25) is 0 Å². The van der Waals surface area contributed by atoms with Crippen LogP contribution in [0.15, 0.2) is 17.5 Å². The first-order valence-electron chi connectivity index (χ1n) is 7.62. The predicted molar refractivity (Wildman–Crippen MR) is 91.4 cm³/mol. The first kappa shape index (κ1) is 15.8. The number of thiophene rings is 1.